The molecule has 142 valence electrons. The Labute approximate surface area is 156 Å². The topological polar surface area (TPSA) is 58.6 Å². The molecule has 2 fully saturated rings. The first-order valence-electron chi connectivity index (χ1n) is 9.91. The summed E-state index contributed by atoms with van der Waals surface area (Å²) in [6, 6.07) is 7.38. The number of carbonyl (C=O) groups excluding carboxylic acids is 2. The van der Waals surface area contributed by atoms with E-state index in [1.165, 1.54) is 12.8 Å². The van der Waals surface area contributed by atoms with Crippen LogP contribution in [0.25, 0.3) is 0 Å². The molecule has 2 amide bonds. The van der Waals surface area contributed by atoms with Crippen LogP contribution < -0.4 is 10.1 Å². The summed E-state index contributed by atoms with van der Waals surface area (Å²) in [5.41, 5.74) is 0.790. The van der Waals surface area contributed by atoms with E-state index in [1.807, 2.05) is 24.3 Å². The monoisotopic (exact) mass is 358 g/mol. The number of hydrogen-bond acceptors (Lipinski definition) is 3. The lowest BCUT2D eigenvalue weighted by Crippen LogP contribution is -2.39. The molecule has 0 bridgehead atoms. The van der Waals surface area contributed by atoms with E-state index in [9.17, 15) is 9.59 Å². The first kappa shape index (κ1) is 18.7. The van der Waals surface area contributed by atoms with Gasteiger partial charge in [0, 0.05) is 30.6 Å². The van der Waals surface area contributed by atoms with Crippen LogP contribution >= 0.6 is 0 Å². The number of nitrogens with zero attached hydrogens (tertiary/aromatic N) is 1. The number of hydrogen-bond donors (Lipinski definition) is 1. The molecule has 1 aromatic rings. The molecule has 5 heteroatoms. The van der Waals surface area contributed by atoms with Gasteiger partial charge in [-0.1, -0.05) is 12.8 Å². The second kappa shape index (κ2) is 9.06. The standard InChI is InChI=1S/C21H30N2O3/c1-26-19-12-10-18(11-13-19)22-20(24)16-6-8-17(9-7-16)21(25)23-14-4-2-3-5-15-23/h10-13,16-17H,2-9,14-15H2,1H3,(H,22,24). The summed E-state index contributed by atoms with van der Waals surface area (Å²) in [4.78, 5) is 27.3. The molecule has 1 aliphatic heterocycles. The number of likely N-dealkylation sites (tertiary alicyclic amines) is 1. The van der Waals surface area contributed by atoms with Gasteiger partial charge in [-0.15, -0.1) is 0 Å². The molecule has 5 nitrogen and oxygen atoms in total. The fourth-order valence-corrected chi connectivity index (χ4v) is 4.07. The summed E-state index contributed by atoms with van der Waals surface area (Å²) in [6.45, 7) is 1.83. The molecule has 1 aliphatic carbocycles. The Morgan fingerprint density at radius 1 is 0.923 bits per heavy atom. The molecule has 0 radical (unpaired) electrons. The summed E-state index contributed by atoms with van der Waals surface area (Å²) in [5, 5.41) is 2.99. The molecule has 2 aliphatic rings. The van der Waals surface area contributed by atoms with Gasteiger partial charge in [0.1, 0.15) is 5.75 Å². The molecule has 0 aromatic heterocycles. The Hall–Kier alpha value is -2.04. The highest BCUT2D eigenvalue weighted by Gasteiger charge is 2.32. The van der Waals surface area contributed by atoms with Crippen molar-refractivity contribution in [1.82, 2.24) is 4.90 Å². The predicted octanol–water partition coefficient (Wildman–Crippen LogP) is 3.84. The molecular formula is C21H30N2O3. The highest BCUT2D eigenvalue weighted by molar-refractivity contribution is 5.92. The molecule has 1 saturated carbocycles. The predicted molar refractivity (Wildman–Crippen MR) is 102 cm³/mol. The molecule has 1 heterocycles. The fourth-order valence-electron chi connectivity index (χ4n) is 4.07. The van der Waals surface area contributed by atoms with Crippen LogP contribution in [0.15, 0.2) is 24.3 Å². The minimum Gasteiger partial charge on any atom is -0.497 e. The average molecular weight is 358 g/mol. The van der Waals surface area contributed by atoms with E-state index in [0.717, 1.165) is 63.1 Å². The van der Waals surface area contributed by atoms with Gasteiger partial charge in [-0.05, 0) is 62.8 Å². The van der Waals surface area contributed by atoms with Crippen LogP contribution in [0.4, 0.5) is 5.69 Å². The largest absolute Gasteiger partial charge is 0.497 e. The van der Waals surface area contributed by atoms with Crippen LogP contribution in [0, 0.1) is 11.8 Å². The number of methoxy groups -OCH3 is 1. The van der Waals surface area contributed by atoms with Crippen molar-refractivity contribution in [3.63, 3.8) is 0 Å². The lowest BCUT2D eigenvalue weighted by Gasteiger charge is -2.31. The summed E-state index contributed by atoms with van der Waals surface area (Å²) < 4.78 is 5.13. The third kappa shape index (κ3) is 4.77. The maximum Gasteiger partial charge on any atom is 0.227 e. The third-order valence-electron chi connectivity index (χ3n) is 5.72. The molecular weight excluding hydrogens is 328 g/mol. The Balaban J connectivity index is 1.47. The number of rotatable bonds is 4. The summed E-state index contributed by atoms with van der Waals surface area (Å²) >= 11 is 0. The second-order valence-electron chi connectivity index (χ2n) is 7.51. The number of benzene rings is 1. The van der Waals surface area contributed by atoms with Gasteiger partial charge in [0.05, 0.1) is 7.11 Å². The van der Waals surface area contributed by atoms with E-state index in [-0.39, 0.29) is 17.7 Å². The van der Waals surface area contributed by atoms with Crippen molar-refractivity contribution >= 4 is 17.5 Å². The minimum atomic E-state index is 0.00489. The molecule has 1 aromatic carbocycles. The highest BCUT2D eigenvalue weighted by Crippen LogP contribution is 2.31. The van der Waals surface area contributed by atoms with E-state index < -0.39 is 0 Å². The first-order valence-corrected chi connectivity index (χ1v) is 9.91. The van der Waals surface area contributed by atoms with Crippen LogP contribution in [0.2, 0.25) is 0 Å². The van der Waals surface area contributed by atoms with Gasteiger partial charge >= 0.3 is 0 Å². The summed E-state index contributed by atoms with van der Waals surface area (Å²) in [7, 11) is 1.62. The van der Waals surface area contributed by atoms with Crippen molar-refractivity contribution in [2.75, 3.05) is 25.5 Å². The Bertz CT molecular complexity index is 598. The van der Waals surface area contributed by atoms with E-state index in [4.69, 9.17) is 4.74 Å². The number of ether oxygens (including phenoxy) is 1. The van der Waals surface area contributed by atoms with Crippen molar-refractivity contribution in [3.05, 3.63) is 24.3 Å². The van der Waals surface area contributed by atoms with E-state index in [1.54, 1.807) is 7.11 Å². The van der Waals surface area contributed by atoms with Crippen molar-refractivity contribution < 1.29 is 14.3 Å². The zero-order chi connectivity index (χ0) is 18.4. The van der Waals surface area contributed by atoms with Crippen molar-refractivity contribution in [2.24, 2.45) is 11.8 Å². The molecule has 3 rings (SSSR count). The zero-order valence-electron chi connectivity index (χ0n) is 15.7. The molecule has 1 saturated heterocycles. The highest BCUT2D eigenvalue weighted by atomic mass is 16.5. The maximum absolute atomic E-state index is 12.7. The van der Waals surface area contributed by atoms with Crippen LogP contribution in [0.5, 0.6) is 5.75 Å². The van der Waals surface area contributed by atoms with Gasteiger partial charge in [0.25, 0.3) is 0 Å². The van der Waals surface area contributed by atoms with E-state index in [2.05, 4.69) is 10.2 Å². The Kier molecular flexibility index (Phi) is 6.53. The maximum atomic E-state index is 12.7. The zero-order valence-corrected chi connectivity index (χ0v) is 15.7. The Morgan fingerprint density at radius 3 is 2.08 bits per heavy atom. The van der Waals surface area contributed by atoms with Crippen LogP contribution in [-0.4, -0.2) is 36.9 Å². The quantitative estimate of drug-likeness (QED) is 0.889. The summed E-state index contributed by atoms with van der Waals surface area (Å²) in [6.07, 6.45) is 7.99. The molecule has 26 heavy (non-hydrogen) atoms. The van der Waals surface area contributed by atoms with E-state index >= 15 is 0 Å². The van der Waals surface area contributed by atoms with Gasteiger partial charge in [-0.2, -0.15) is 0 Å². The van der Waals surface area contributed by atoms with Crippen molar-refractivity contribution in [1.29, 1.82) is 0 Å². The molecule has 0 unspecified atom stereocenters. The van der Waals surface area contributed by atoms with Crippen molar-refractivity contribution in [3.8, 4) is 5.75 Å². The van der Waals surface area contributed by atoms with Crippen molar-refractivity contribution in [2.45, 2.75) is 51.4 Å². The SMILES string of the molecule is COc1ccc(NC(=O)C2CCC(C(=O)N3CCCCCC3)CC2)cc1. The van der Waals surface area contributed by atoms with Crippen LogP contribution in [0.1, 0.15) is 51.4 Å². The van der Waals surface area contributed by atoms with Gasteiger partial charge < -0.3 is 15.0 Å². The van der Waals surface area contributed by atoms with Gasteiger partial charge in [-0.25, -0.2) is 0 Å². The smallest absolute Gasteiger partial charge is 0.227 e. The van der Waals surface area contributed by atoms with Crippen LogP contribution in [0.3, 0.4) is 0 Å². The number of anilines is 1. The van der Waals surface area contributed by atoms with E-state index in [0.29, 0.717) is 5.91 Å². The normalized spacial score (nSPS) is 23.8. The van der Waals surface area contributed by atoms with Crippen LogP contribution in [-0.2, 0) is 9.59 Å². The number of amides is 2. The average Bonchev–Trinajstić information content (AvgIpc) is 2.97. The van der Waals surface area contributed by atoms with Gasteiger partial charge in [0.15, 0.2) is 0 Å². The molecule has 1 N–H and O–H groups in total. The minimum absolute atomic E-state index is 0.00489. The Morgan fingerprint density at radius 2 is 1.50 bits per heavy atom. The molecule has 0 atom stereocenters. The first-order chi connectivity index (χ1) is 12.7. The number of carbonyl (C=O) groups is 2. The summed E-state index contributed by atoms with van der Waals surface area (Å²) in [5.74, 6) is 1.27. The van der Waals surface area contributed by atoms with Gasteiger partial charge in [0.2, 0.25) is 11.8 Å². The van der Waals surface area contributed by atoms with Gasteiger partial charge in [-0.3, -0.25) is 9.59 Å². The third-order valence-corrected chi connectivity index (χ3v) is 5.72. The molecule has 0 spiro atoms. The second-order valence-corrected chi connectivity index (χ2v) is 7.51. The number of nitrogens with one attached hydrogen (secondary N) is 1. The lowest BCUT2D eigenvalue weighted by molar-refractivity contribution is -0.137. The fraction of sp³-hybridized carbons (Fsp3) is 0.619. The lowest BCUT2D eigenvalue weighted by atomic mass is 9.81.